The number of carbonyl (C=O) groups is 3. The predicted molar refractivity (Wildman–Crippen MR) is 134 cm³/mol. The summed E-state index contributed by atoms with van der Waals surface area (Å²) in [7, 11) is 0. The van der Waals surface area contributed by atoms with Gasteiger partial charge in [0.25, 0.3) is 0 Å². The first-order chi connectivity index (χ1) is 16.9. The van der Waals surface area contributed by atoms with Crippen molar-refractivity contribution in [1.29, 1.82) is 0 Å². The van der Waals surface area contributed by atoms with E-state index in [0.717, 1.165) is 27.8 Å². The van der Waals surface area contributed by atoms with E-state index in [1.54, 1.807) is 13.0 Å². The second kappa shape index (κ2) is 10.4. The van der Waals surface area contributed by atoms with Gasteiger partial charge in [-0.25, -0.2) is 9.59 Å². The highest BCUT2D eigenvalue weighted by Crippen LogP contribution is 2.44. The molecule has 1 aliphatic carbocycles. The van der Waals surface area contributed by atoms with E-state index in [1.165, 1.54) is 12.1 Å². The summed E-state index contributed by atoms with van der Waals surface area (Å²) in [6.07, 6.45) is -0.0881. The average molecular weight is 473 g/mol. The van der Waals surface area contributed by atoms with E-state index in [9.17, 15) is 19.5 Å². The van der Waals surface area contributed by atoms with E-state index in [0.29, 0.717) is 12.1 Å². The second-order valence-corrected chi connectivity index (χ2v) is 8.64. The van der Waals surface area contributed by atoms with Crippen molar-refractivity contribution in [3.8, 4) is 11.1 Å². The number of aryl methyl sites for hydroxylation is 1. The normalized spacial score (nSPS) is 12.9. The van der Waals surface area contributed by atoms with Gasteiger partial charge in [0, 0.05) is 18.2 Å². The summed E-state index contributed by atoms with van der Waals surface area (Å²) in [4.78, 5) is 36.5. The number of fused-ring (bicyclic) bond motifs is 3. The van der Waals surface area contributed by atoms with Crippen LogP contribution in [0.5, 0.6) is 0 Å². The molecule has 1 atom stereocenters. The molecule has 0 heterocycles. The third-order valence-corrected chi connectivity index (χ3v) is 6.44. The summed E-state index contributed by atoms with van der Waals surface area (Å²) < 4.78 is 5.55. The van der Waals surface area contributed by atoms with Crippen molar-refractivity contribution in [3.05, 3.63) is 89.0 Å². The minimum atomic E-state index is -1.07. The number of carbonyl (C=O) groups excluding carboxylic acids is 2. The summed E-state index contributed by atoms with van der Waals surface area (Å²) >= 11 is 0. The molecule has 0 fully saturated rings. The number of amides is 2. The maximum atomic E-state index is 12.8. The largest absolute Gasteiger partial charge is 0.478 e. The van der Waals surface area contributed by atoms with E-state index >= 15 is 0 Å². The van der Waals surface area contributed by atoms with Gasteiger partial charge in [-0.05, 0) is 53.3 Å². The van der Waals surface area contributed by atoms with Crippen LogP contribution in [0.3, 0.4) is 0 Å². The van der Waals surface area contributed by atoms with Crippen LogP contribution in [-0.4, -0.2) is 36.2 Å². The Kier molecular flexibility index (Phi) is 7.15. The van der Waals surface area contributed by atoms with Crippen LogP contribution < -0.4 is 10.6 Å². The first-order valence-electron chi connectivity index (χ1n) is 11.6. The van der Waals surface area contributed by atoms with Crippen molar-refractivity contribution in [1.82, 2.24) is 5.32 Å². The Balaban J connectivity index is 1.34. The molecule has 1 unspecified atom stereocenters. The number of carboxylic acid groups (broad SMARTS) is 1. The fraction of sp³-hybridized carbons (Fsp3) is 0.250. The standard InChI is InChI=1S/C28H28N2O5/c1-3-18(26(31)30-25-14-19(27(32)33)13-12-17(25)2)15-29-28(34)35-16-24-22-10-6-4-8-20(22)21-9-5-7-11-23(21)24/h4-14,18,24H,3,15-16H2,1-2H3,(H,29,34)(H,30,31)(H,32,33). The minimum absolute atomic E-state index is 0.0390. The smallest absolute Gasteiger partial charge is 0.407 e. The fourth-order valence-electron chi connectivity index (χ4n) is 4.40. The number of rotatable bonds is 8. The van der Waals surface area contributed by atoms with Crippen molar-refractivity contribution in [2.75, 3.05) is 18.5 Å². The quantitative estimate of drug-likeness (QED) is 0.418. The lowest BCUT2D eigenvalue weighted by atomic mass is 9.98. The van der Waals surface area contributed by atoms with Gasteiger partial charge in [-0.2, -0.15) is 0 Å². The van der Waals surface area contributed by atoms with E-state index in [-0.39, 0.29) is 30.5 Å². The molecule has 35 heavy (non-hydrogen) atoms. The SMILES string of the molecule is CCC(CNC(=O)OCC1c2ccccc2-c2ccccc21)C(=O)Nc1cc(C(=O)O)ccc1C. The number of hydrogen-bond donors (Lipinski definition) is 3. The zero-order chi connectivity index (χ0) is 24.9. The lowest BCUT2D eigenvalue weighted by Crippen LogP contribution is -2.36. The molecule has 7 nitrogen and oxygen atoms in total. The van der Waals surface area contributed by atoms with Crippen LogP contribution in [0, 0.1) is 12.8 Å². The Labute approximate surface area is 204 Å². The monoisotopic (exact) mass is 472 g/mol. The van der Waals surface area contributed by atoms with Crippen LogP contribution in [0.15, 0.2) is 66.7 Å². The number of benzene rings is 3. The average Bonchev–Trinajstić information content (AvgIpc) is 3.18. The van der Waals surface area contributed by atoms with Crippen molar-refractivity contribution in [2.45, 2.75) is 26.2 Å². The Morgan fingerprint density at radius 1 is 0.971 bits per heavy atom. The molecule has 4 rings (SSSR count). The Morgan fingerprint density at radius 2 is 1.60 bits per heavy atom. The summed E-state index contributed by atoms with van der Waals surface area (Å²) in [5.41, 5.74) is 5.86. The predicted octanol–water partition coefficient (Wildman–Crippen LogP) is 5.20. The van der Waals surface area contributed by atoms with E-state index in [4.69, 9.17) is 4.74 Å². The highest BCUT2D eigenvalue weighted by atomic mass is 16.5. The van der Waals surface area contributed by atoms with Gasteiger partial charge in [0.05, 0.1) is 11.5 Å². The number of alkyl carbamates (subject to hydrolysis) is 1. The second-order valence-electron chi connectivity index (χ2n) is 8.64. The van der Waals surface area contributed by atoms with E-state index < -0.39 is 18.0 Å². The van der Waals surface area contributed by atoms with Gasteiger partial charge in [-0.3, -0.25) is 4.79 Å². The molecule has 0 bridgehead atoms. The third kappa shape index (κ3) is 5.19. The molecular formula is C28H28N2O5. The topological polar surface area (TPSA) is 105 Å². The molecule has 0 saturated heterocycles. The maximum Gasteiger partial charge on any atom is 0.407 e. The fourth-order valence-corrected chi connectivity index (χ4v) is 4.40. The molecule has 2 amide bonds. The van der Waals surface area contributed by atoms with E-state index in [1.807, 2.05) is 31.2 Å². The summed E-state index contributed by atoms with van der Waals surface area (Å²) in [6.45, 7) is 3.95. The molecule has 0 spiro atoms. The number of anilines is 1. The van der Waals surface area contributed by atoms with Crippen LogP contribution in [0.1, 0.15) is 46.3 Å². The van der Waals surface area contributed by atoms with Gasteiger partial charge in [0.1, 0.15) is 6.61 Å². The highest BCUT2D eigenvalue weighted by molar-refractivity contribution is 5.96. The zero-order valence-electron chi connectivity index (χ0n) is 19.7. The van der Waals surface area contributed by atoms with Crippen LogP contribution in [0.4, 0.5) is 10.5 Å². The van der Waals surface area contributed by atoms with Crippen molar-refractivity contribution < 1.29 is 24.2 Å². The molecule has 0 saturated carbocycles. The first kappa shape index (κ1) is 24.0. The molecule has 3 N–H and O–H groups in total. The Bertz CT molecular complexity index is 1220. The minimum Gasteiger partial charge on any atom is -0.478 e. The molecular weight excluding hydrogens is 444 g/mol. The van der Waals surface area contributed by atoms with Crippen LogP contribution in [0.25, 0.3) is 11.1 Å². The number of nitrogens with one attached hydrogen (secondary N) is 2. The number of ether oxygens (including phenoxy) is 1. The van der Waals surface area contributed by atoms with Gasteiger partial charge >= 0.3 is 12.1 Å². The molecule has 0 aromatic heterocycles. The van der Waals surface area contributed by atoms with Gasteiger partial charge in [-0.15, -0.1) is 0 Å². The number of aromatic carboxylic acids is 1. The molecule has 1 aliphatic rings. The summed E-state index contributed by atoms with van der Waals surface area (Å²) in [5.74, 6) is -1.90. The van der Waals surface area contributed by atoms with Gasteiger partial charge < -0.3 is 20.5 Å². The van der Waals surface area contributed by atoms with Gasteiger partial charge in [-0.1, -0.05) is 61.5 Å². The lowest BCUT2D eigenvalue weighted by Gasteiger charge is -2.18. The van der Waals surface area contributed by atoms with Crippen molar-refractivity contribution in [3.63, 3.8) is 0 Å². The van der Waals surface area contributed by atoms with Gasteiger partial charge in [0.2, 0.25) is 5.91 Å². The molecule has 0 aliphatic heterocycles. The molecule has 7 heteroatoms. The molecule has 3 aromatic rings. The van der Waals surface area contributed by atoms with Gasteiger partial charge in [0.15, 0.2) is 0 Å². The highest BCUT2D eigenvalue weighted by Gasteiger charge is 2.29. The Morgan fingerprint density at radius 3 is 2.20 bits per heavy atom. The number of hydrogen-bond acceptors (Lipinski definition) is 4. The number of carboxylic acids is 1. The van der Waals surface area contributed by atoms with Crippen molar-refractivity contribution in [2.24, 2.45) is 5.92 Å². The third-order valence-electron chi connectivity index (χ3n) is 6.44. The maximum absolute atomic E-state index is 12.8. The van der Waals surface area contributed by atoms with Crippen molar-refractivity contribution >= 4 is 23.7 Å². The molecule has 0 radical (unpaired) electrons. The lowest BCUT2D eigenvalue weighted by molar-refractivity contribution is -0.119. The molecule has 3 aromatic carbocycles. The van der Waals surface area contributed by atoms with E-state index in [2.05, 4.69) is 34.9 Å². The van der Waals surface area contributed by atoms with Crippen LogP contribution in [-0.2, 0) is 9.53 Å². The first-order valence-corrected chi connectivity index (χ1v) is 11.6. The van der Waals surface area contributed by atoms with Crippen LogP contribution >= 0.6 is 0 Å². The summed E-state index contributed by atoms with van der Waals surface area (Å²) in [6, 6.07) is 20.8. The van der Waals surface area contributed by atoms with Crippen LogP contribution in [0.2, 0.25) is 0 Å². The summed E-state index contributed by atoms with van der Waals surface area (Å²) in [5, 5.41) is 14.7. The Hall–Kier alpha value is -4.13. The molecule has 180 valence electrons. The zero-order valence-corrected chi connectivity index (χ0v) is 19.7.